The lowest BCUT2D eigenvalue weighted by Gasteiger charge is -2.26. The Bertz CT molecular complexity index is 555. The molecule has 1 fully saturated rings. The summed E-state index contributed by atoms with van der Waals surface area (Å²) >= 11 is 0. The van der Waals surface area contributed by atoms with Crippen LogP contribution in [0.15, 0.2) is 24.3 Å². The molecule has 0 aromatic heterocycles. The first-order valence-electron chi connectivity index (χ1n) is 6.79. The van der Waals surface area contributed by atoms with Crippen LogP contribution in [0.3, 0.4) is 0 Å². The summed E-state index contributed by atoms with van der Waals surface area (Å²) in [7, 11) is 0. The smallest absolute Gasteiger partial charge is 0.326 e. The van der Waals surface area contributed by atoms with E-state index in [1.165, 1.54) is 29.2 Å². The Morgan fingerprint density at radius 2 is 1.86 bits per heavy atom. The molecular formula is C14H16N2O5. The van der Waals surface area contributed by atoms with Crippen LogP contribution >= 0.6 is 0 Å². The number of aliphatic carboxylic acids is 1. The van der Waals surface area contributed by atoms with E-state index in [0.29, 0.717) is 13.0 Å². The highest BCUT2D eigenvalue weighted by molar-refractivity contribution is 5.96. The molecule has 0 saturated carbocycles. The lowest BCUT2D eigenvalue weighted by Crippen LogP contribution is -2.44. The Morgan fingerprint density at radius 3 is 2.43 bits per heavy atom. The van der Waals surface area contributed by atoms with Crippen LogP contribution in [0.2, 0.25) is 0 Å². The minimum atomic E-state index is -1.01. The zero-order valence-corrected chi connectivity index (χ0v) is 11.4. The fraction of sp³-hybridized carbons (Fsp3) is 0.429. The van der Waals surface area contributed by atoms with Crippen LogP contribution in [0, 0.1) is 10.1 Å². The molecule has 1 heterocycles. The summed E-state index contributed by atoms with van der Waals surface area (Å²) in [6.45, 7) is 0.396. The monoisotopic (exact) mass is 292 g/mol. The third-order valence-electron chi connectivity index (χ3n) is 3.62. The average molecular weight is 292 g/mol. The van der Waals surface area contributed by atoms with Crippen molar-refractivity contribution in [2.24, 2.45) is 0 Å². The van der Waals surface area contributed by atoms with Crippen molar-refractivity contribution < 1.29 is 19.6 Å². The van der Waals surface area contributed by atoms with Crippen LogP contribution in [-0.2, 0) is 4.79 Å². The number of non-ortho nitro benzene ring substituents is 1. The van der Waals surface area contributed by atoms with Gasteiger partial charge in [0.15, 0.2) is 0 Å². The summed E-state index contributed by atoms with van der Waals surface area (Å²) < 4.78 is 0. The van der Waals surface area contributed by atoms with Gasteiger partial charge in [-0.2, -0.15) is 0 Å². The first-order valence-corrected chi connectivity index (χ1v) is 6.79. The Labute approximate surface area is 121 Å². The summed E-state index contributed by atoms with van der Waals surface area (Å²) in [6, 6.07) is 4.41. The number of nitrogens with zero attached hydrogens (tertiary/aromatic N) is 2. The minimum absolute atomic E-state index is 0.0998. The number of amides is 1. The molecule has 1 aromatic rings. The number of carboxylic acid groups (broad SMARTS) is 1. The predicted molar refractivity (Wildman–Crippen MR) is 74.0 cm³/mol. The minimum Gasteiger partial charge on any atom is -0.480 e. The van der Waals surface area contributed by atoms with Crippen molar-refractivity contribution in [1.29, 1.82) is 0 Å². The highest BCUT2D eigenvalue weighted by Crippen LogP contribution is 2.21. The third-order valence-corrected chi connectivity index (χ3v) is 3.62. The van der Waals surface area contributed by atoms with Crippen molar-refractivity contribution in [3.63, 3.8) is 0 Å². The van der Waals surface area contributed by atoms with Gasteiger partial charge in [0, 0.05) is 24.2 Å². The van der Waals surface area contributed by atoms with E-state index in [4.69, 9.17) is 0 Å². The Kier molecular flexibility index (Phi) is 4.52. The van der Waals surface area contributed by atoms with Gasteiger partial charge in [-0.3, -0.25) is 14.9 Å². The van der Waals surface area contributed by atoms with E-state index < -0.39 is 16.9 Å². The van der Waals surface area contributed by atoms with Gasteiger partial charge in [-0.25, -0.2) is 4.79 Å². The number of hydrogen-bond donors (Lipinski definition) is 1. The number of carbonyl (C=O) groups excluding carboxylic acids is 1. The van der Waals surface area contributed by atoms with Crippen LogP contribution in [0.4, 0.5) is 5.69 Å². The van der Waals surface area contributed by atoms with Gasteiger partial charge >= 0.3 is 5.97 Å². The highest BCUT2D eigenvalue weighted by atomic mass is 16.6. The zero-order chi connectivity index (χ0) is 15.4. The van der Waals surface area contributed by atoms with Crippen LogP contribution in [0.5, 0.6) is 0 Å². The van der Waals surface area contributed by atoms with E-state index >= 15 is 0 Å². The molecule has 1 aromatic carbocycles. The predicted octanol–water partition coefficient (Wildman–Crippen LogP) is 2.06. The molecule has 1 aliphatic heterocycles. The summed E-state index contributed by atoms with van der Waals surface area (Å²) in [5, 5.41) is 19.9. The second-order valence-electron chi connectivity index (χ2n) is 5.01. The maximum Gasteiger partial charge on any atom is 0.326 e. The molecule has 1 N–H and O–H groups in total. The molecule has 0 bridgehead atoms. The van der Waals surface area contributed by atoms with Crippen molar-refractivity contribution in [3.05, 3.63) is 39.9 Å². The fourth-order valence-electron chi connectivity index (χ4n) is 2.50. The van der Waals surface area contributed by atoms with E-state index in [1.807, 2.05) is 0 Å². The van der Waals surface area contributed by atoms with Crippen molar-refractivity contribution in [3.8, 4) is 0 Å². The van der Waals surface area contributed by atoms with Gasteiger partial charge in [0.25, 0.3) is 11.6 Å². The molecule has 0 spiro atoms. The lowest BCUT2D eigenvalue weighted by molar-refractivity contribution is -0.384. The van der Waals surface area contributed by atoms with Gasteiger partial charge in [-0.15, -0.1) is 0 Å². The fourth-order valence-corrected chi connectivity index (χ4v) is 2.50. The number of rotatable bonds is 3. The van der Waals surface area contributed by atoms with Crippen LogP contribution in [0.1, 0.15) is 36.0 Å². The number of nitro benzene ring substituents is 1. The SMILES string of the molecule is O=C(O)C1CCCCCN1C(=O)c1ccc([N+](=O)[O-])cc1. The molecule has 1 amide bonds. The summed E-state index contributed by atoms with van der Waals surface area (Å²) in [6.07, 6.45) is 2.88. The van der Waals surface area contributed by atoms with Crippen molar-refractivity contribution >= 4 is 17.6 Å². The van der Waals surface area contributed by atoms with Gasteiger partial charge in [0.2, 0.25) is 0 Å². The number of benzene rings is 1. The van der Waals surface area contributed by atoms with Gasteiger partial charge in [-0.05, 0) is 25.0 Å². The second-order valence-corrected chi connectivity index (χ2v) is 5.01. The number of hydrogen-bond acceptors (Lipinski definition) is 4. The number of likely N-dealkylation sites (tertiary alicyclic amines) is 1. The van der Waals surface area contributed by atoms with Gasteiger partial charge in [-0.1, -0.05) is 12.8 Å². The molecule has 1 saturated heterocycles. The standard InChI is InChI=1S/C14H16N2O5/c17-13(10-5-7-11(8-6-10)16(20)21)15-9-3-1-2-4-12(15)14(18)19/h5-8,12H,1-4,9H2,(H,18,19). The third kappa shape index (κ3) is 3.36. The molecule has 2 rings (SSSR count). The van der Waals surface area contributed by atoms with Crippen LogP contribution in [-0.4, -0.2) is 39.4 Å². The van der Waals surface area contributed by atoms with Gasteiger partial charge in [0.1, 0.15) is 6.04 Å². The van der Waals surface area contributed by atoms with Crippen molar-refractivity contribution in [2.45, 2.75) is 31.7 Å². The Hall–Kier alpha value is -2.44. The van der Waals surface area contributed by atoms with Crippen LogP contribution < -0.4 is 0 Å². The van der Waals surface area contributed by atoms with E-state index in [-0.39, 0.29) is 17.2 Å². The molecule has 112 valence electrons. The quantitative estimate of drug-likeness (QED) is 0.678. The van der Waals surface area contributed by atoms with E-state index in [9.17, 15) is 24.8 Å². The Morgan fingerprint density at radius 1 is 1.19 bits per heavy atom. The van der Waals surface area contributed by atoms with Crippen molar-refractivity contribution in [1.82, 2.24) is 4.90 Å². The topological polar surface area (TPSA) is 101 Å². The molecule has 21 heavy (non-hydrogen) atoms. The molecule has 1 unspecified atom stereocenters. The molecule has 7 heteroatoms. The number of carboxylic acids is 1. The average Bonchev–Trinajstić information content (AvgIpc) is 2.72. The van der Waals surface area contributed by atoms with Gasteiger partial charge < -0.3 is 10.0 Å². The van der Waals surface area contributed by atoms with E-state index in [0.717, 1.165) is 19.3 Å². The summed E-state index contributed by atoms with van der Waals surface area (Å²) in [5.41, 5.74) is 0.172. The first kappa shape index (κ1) is 15.0. The lowest BCUT2D eigenvalue weighted by atomic mass is 10.1. The number of carbonyl (C=O) groups is 2. The largest absolute Gasteiger partial charge is 0.480 e. The number of nitro groups is 1. The molecule has 0 aliphatic carbocycles. The second kappa shape index (κ2) is 6.34. The maximum atomic E-state index is 12.4. The maximum absolute atomic E-state index is 12.4. The van der Waals surface area contributed by atoms with E-state index in [2.05, 4.69) is 0 Å². The van der Waals surface area contributed by atoms with Crippen molar-refractivity contribution in [2.75, 3.05) is 6.54 Å². The zero-order valence-electron chi connectivity index (χ0n) is 11.4. The van der Waals surface area contributed by atoms with Gasteiger partial charge in [0.05, 0.1) is 4.92 Å². The first-order chi connectivity index (χ1) is 10.0. The molecule has 1 aliphatic rings. The summed E-state index contributed by atoms with van der Waals surface area (Å²) in [4.78, 5) is 35.2. The highest BCUT2D eigenvalue weighted by Gasteiger charge is 2.31. The van der Waals surface area contributed by atoms with Crippen LogP contribution in [0.25, 0.3) is 0 Å². The Balaban J connectivity index is 2.23. The molecular weight excluding hydrogens is 276 g/mol. The summed E-state index contributed by atoms with van der Waals surface area (Å²) in [5.74, 6) is -1.40. The molecule has 1 atom stereocenters. The molecule has 0 radical (unpaired) electrons. The molecule has 7 nitrogen and oxygen atoms in total. The normalized spacial score (nSPS) is 18.9. The van der Waals surface area contributed by atoms with E-state index in [1.54, 1.807) is 0 Å².